The molecule has 11 heteroatoms. The number of aliphatic hydroxyl groups is 1. The van der Waals surface area contributed by atoms with Gasteiger partial charge in [0, 0.05) is 22.4 Å². The van der Waals surface area contributed by atoms with Gasteiger partial charge in [-0.15, -0.1) is 11.3 Å². The number of hydrogen-bond donors (Lipinski definition) is 5. The van der Waals surface area contributed by atoms with Gasteiger partial charge in [-0.25, -0.2) is 15.0 Å². The summed E-state index contributed by atoms with van der Waals surface area (Å²) in [6.45, 7) is -0.149. The van der Waals surface area contributed by atoms with E-state index in [9.17, 15) is 19.0 Å². The summed E-state index contributed by atoms with van der Waals surface area (Å²) in [6, 6.07) is 9.70. The van der Waals surface area contributed by atoms with E-state index in [0.29, 0.717) is 27.7 Å². The zero-order valence-electron chi connectivity index (χ0n) is 18.0. The Kier molecular flexibility index (Phi) is 5.96. The summed E-state index contributed by atoms with van der Waals surface area (Å²) in [6.07, 6.45) is 5.41. The fraction of sp³-hybridized carbons (Fsp3) is 0.217. The maximum atomic E-state index is 11.4. The van der Waals surface area contributed by atoms with E-state index >= 15 is 0 Å². The van der Waals surface area contributed by atoms with Crippen LogP contribution in [0.5, 0.6) is 0 Å². The van der Waals surface area contributed by atoms with Gasteiger partial charge in [-0.1, -0.05) is 30.3 Å². The van der Waals surface area contributed by atoms with Gasteiger partial charge in [0.2, 0.25) is 0 Å². The lowest BCUT2D eigenvalue weighted by Gasteiger charge is -2.34. The van der Waals surface area contributed by atoms with Crippen LogP contribution in [0.25, 0.3) is 27.9 Å². The Morgan fingerprint density at radius 1 is 1.21 bits per heavy atom. The summed E-state index contributed by atoms with van der Waals surface area (Å²) in [5.41, 5.74) is 10.5. The molecule has 0 spiro atoms. The minimum Gasteiger partial charge on any atom is -0.395 e. The van der Waals surface area contributed by atoms with E-state index in [1.807, 2.05) is 36.4 Å². The number of allylic oxidation sites excluding steroid dienone is 1. The average Bonchev–Trinajstić information content (AvgIpc) is 3.48. The van der Waals surface area contributed by atoms with Crippen molar-refractivity contribution >= 4 is 44.4 Å². The van der Waals surface area contributed by atoms with Crippen molar-refractivity contribution in [2.75, 3.05) is 18.1 Å². The van der Waals surface area contributed by atoms with E-state index in [1.54, 1.807) is 0 Å². The molecule has 5 rings (SSSR count). The third-order valence-electron chi connectivity index (χ3n) is 5.90. The number of fused-ring (bicyclic) bond motifs is 1. The number of benzene rings is 1. The maximum Gasteiger partial charge on any atom is 0.260 e. The molecule has 1 aliphatic heterocycles. The molecule has 34 heavy (non-hydrogen) atoms. The molecule has 176 valence electrons. The zero-order valence-corrected chi connectivity index (χ0v) is 19.6. The normalized spacial score (nSPS) is 17.3. The number of aromatic nitrogens is 4. The predicted molar refractivity (Wildman–Crippen MR) is 134 cm³/mol. The number of nitrogens with two attached hydrogens (primary N) is 1. The molecule has 4 aromatic rings. The Morgan fingerprint density at radius 2 is 2.00 bits per heavy atom. The molecule has 0 bridgehead atoms. The summed E-state index contributed by atoms with van der Waals surface area (Å²) in [5, 5.41) is 11.5. The van der Waals surface area contributed by atoms with Gasteiger partial charge in [0.15, 0.2) is 0 Å². The van der Waals surface area contributed by atoms with Gasteiger partial charge in [-0.3, -0.25) is 13.9 Å². The number of thiazole rings is 1. The second-order valence-electron chi connectivity index (χ2n) is 8.10. The van der Waals surface area contributed by atoms with Crippen LogP contribution in [0, 0.1) is 0 Å². The van der Waals surface area contributed by atoms with Crippen LogP contribution in [0.15, 0.2) is 48.9 Å². The van der Waals surface area contributed by atoms with Crippen molar-refractivity contribution in [1.29, 1.82) is 0 Å². The monoisotopic (exact) mass is 497 g/mol. The smallest absolute Gasteiger partial charge is 0.260 e. The fourth-order valence-corrected chi connectivity index (χ4v) is 6.11. The largest absolute Gasteiger partial charge is 0.395 e. The van der Waals surface area contributed by atoms with E-state index in [2.05, 4.69) is 19.9 Å². The molecule has 0 fully saturated rings. The Balaban J connectivity index is 1.45. The number of carbonyl (C=O) groups is 1. The van der Waals surface area contributed by atoms with Crippen LogP contribution < -0.4 is 5.73 Å². The summed E-state index contributed by atoms with van der Waals surface area (Å²) in [5.74, 6) is -0.266. The zero-order chi connectivity index (χ0) is 23.9. The molecule has 1 aromatic carbocycles. The number of nitrogens with zero attached hydrogens (tertiary/aromatic N) is 3. The topological polar surface area (TPSA) is 158 Å². The van der Waals surface area contributed by atoms with Crippen LogP contribution in [0.1, 0.15) is 38.3 Å². The molecule has 4 heterocycles. The van der Waals surface area contributed by atoms with Crippen LogP contribution in [-0.2, 0) is 0 Å². The SMILES string of the molecule is NC(=O)c1cnc(C(CO)c2ccc(-c3ncnc4[nH]c(C5=CCS(O)(O)CC5)cc34)cc2)s1. The number of nitrogens with one attached hydrogen (secondary N) is 1. The number of aliphatic hydroxyl groups excluding tert-OH is 1. The first-order chi connectivity index (χ1) is 16.3. The van der Waals surface area contributed by atoms with Crippen LogP contribution in [0.2, 0.25) is 0 Å². The van der Waals surface area contributed by atoms with E-state index in [4.69, 9.17) is 5.73 Å². The Hall–Kier alpha value is -3.09. The summed E-state index contributed by atoms with van der Waals surface area (Å²) in [4.78, 5) is 28.2. The highest BCUT2D eigenvalue weighted by Gasteiger charge is 2.21. The standard InChI is InChI=1S/C23H23N5O4S2/c24-21(30)19-10-25-23(33-19)17(11-29)13-1-3-15(4-2-13)20-16-9-18(28-22(16)27-12-26-20)14-5-7-34(31,32)8-6-14/h1-5,9-10,12,17,29,31-32H,6-8,11H2,(H2,24,30)(H,26,27,28). The fourth-order valence-electron chi connectivity index (χ4n) is 4.04. The van der Waals surface area contributed by atoms with Crippen molar-refractivity contribution in [3.63, 3.8) is 0 Å². The van der Waals surface area contributed by atoms with Crippen LogP contribution in [-0.4, -0.2) is 58.2 Å². The minimum absolute atomic E-state index is 0.149. The van der Waals surface area contributed by atoms with Crippen molar-refractivity contribution in [1.82, 2.24) is 19.9 Å². The highest BCUT2D eigenvalue weighted by atomic mass is 32.3. The first kappa shape index (κ1) is 22.7. The van der Waals surface area contributed by atoms with E-state index in [-0.39, 0.29) is 18.3 Å². The van der Waals surface area contributed by atoms with E-state index in [1.165, 1.54) is 23.9 Å². The summed E-state index contributed by atoms with van der Waals surface area (Å²) in [7, 11) is -2.50. The number of H-pyrrole nitrogens is 1. The van der Waals surface area contributed by atoms with Gasteiger partial charge in [0.05, 0.1) is 30.2 Å². The van der Waals surface area contributed by atoms with Crippen LogP contribution >= 0.6 is 21.9 Å². The molecular weight excluding hydrogens is 474 g/mol. The third-order valence-corrected chi connectivity index (χ3v) is 8.58. The van der Waals surface area contributed by atoms with Gasteiger partial charge in [0.25, 0.3) is 5.91 Å². The van der Waals surface area contributed by atoms with Gasteiger partial charge < -0.3 is 15.8 Å². The highest BCUT2D eigenvalue weighted by molar-refractivity contribution is 8.24. The lowest BCUT2D eigenvalue weighted by atomic mass is 9.98. The highest BCUT2D eigenvalue weighted by Crippen LogP contribution is 2.45. The van der Waals surface area contributed by atoms with Gasteiger partial charge in [-0.2, -0.15) is 10.6 Å². The molecule has 0 radical (unpaired) electrons. The number of rotatable bonds is 6. The number of aromatic amines is 1. The Labute approximate surface area is 200 Å². The van der Waals surface area contributed by atoms with Gasteiger partial charge in [0.1, 0.15) is 21.9 Å². The molecule has 9 nitrogen and oxygen atoms in total. The average molecular weight is 498 g/mol. The van der Waals surface area contributed by atoms with Crippen molar-refractivity contribution < 1.29 is 19.0 Å². The Bertz CT molecular complexity index is 1390. The van der Waals surface area contributed by atoms with Crippen molar-refractivity contribution in [3.8, 4) is 11.3 Å². The molecule has 1 unspecified atom stereocenters. The minimum atomic E-state index is -2.50. The van der Waals surface area contributed by atoms with Crippen LogP contribution in [0.3, 0.4) is 0 Å². The quantitative estimate of drug-likeness (QED) is 0.271. The second kappa shape index (κ2) is 8.93. The Morgan fingerprint density at radius 3 is 2.65 bits per heavy atom. The van der Waals surface area contributed by atoms with E-state index < -0.39 is 16.5 Å². The van der Waals surface area contributed by atoms with Crippen molar-refractivity contribution in [2.45, 2.75) is 12.3 Å². The molecule has 1 amide bonds. The first-order valence-electron chi connectivity index (χ1n) is 10.6. The van der Waals surface area contributed by atoms with Crippen LogP contribution in [0.4, 0.5) is 0 Å². The predicted octanol–water partition coefficient (Wildman–Crippen LogP) is 3.84. The molecule has 0 saturated heterocycles. The molecule has 0 saturated carbocycles. The first-order valence-corrected chi connectivity index (χ1v) is 13.3. The molecule has 1 aliphatic rings. The maximum absolute atomic E-state index is 11.4. The third kappa shape index (κ3) is 4.36. The number of carbonyl (C=O) groups excluding carboxylic acids is 1. The second-order valence-corrected chi connectivity index (χ2v) is 11.5. The number of hydrogen-bond acceptors (Lipinski definition) is 8. The van der Waals surface area contributed by atoms with Crippen molar-refractivity contribution in [3.05, 3.63) is 70.1 Å². The molecule has 0 aliphatic carbocycles. The van der Waals surface area contributed by atoms with Gasteiger partial charge >= 0.3 is 0 Å². The number of primary amides is 1. The van der Waals surface area contributed by atoms with E-state index in [0.717, 1.165) is 33.5 Å². The lowest BCUT2D eigenvalue weighted by molar-refractivity contribution is 0.100. The number of amides is 1. The summed E-state index contributed by atoms with van der Waals surface area (Å²) < 4.78 is 19.7. The lowest BCUT2D eigenvalue weighted by Crippen LogP contribution is -2.11. The van der Waals surface area contributed by atoms with Crippen molar-refractivity contribution in [2.24, 2.45) is 5.73 Å². The molecule has 6 N–H and O–H groups in total. The van der Waals surface area contributed by atoms with Gasteiger partial charge in [-0.05, 0) is 23.6 Å². The molecule has 3 aromatic heterocycles. The summed E-state index contributed by atoms with van der Waals surface area (Å²) >= 11 is 1.18. The molecule has 1 atom stereocenters. The molecular formula is C23H23N5O4S2.